The molecular formula is C18H13N5O5+. The minimum absolute atomic E-state index is 0.266. The van der Waals surface area contributed by atoms with Gasteiger partial charge in [0.2, 0.25) is 0 Å². The van der Waals surface area contributed by atoms with Crippen LogP contribution in [0, 0.1) is 31.2 Å². The number of anilines is 2. The maximum atomic E-state index is 13.0. The molecule has 0 saturated carbocycles. The minimum Gasteiger partial charge on any atom is -0.258 e. The van der Waals surface area contributed by atoms with Gasteiger partial charge < -0.3 is 0 Å². The van der Waals surface area contributed by atoms with Crippen molar-refractivity contribution >= 4 is 28.4 Å². The van der Waals surface area contributed by atoms with Crippen molar-refractivity contribution in [1.82, 2.24) is 0 Å². The number of hydrogen-bond acceptors (Lipinski definition) is 6. The van der Waals surface area contributed by atoms with E-state index in [0.29, 0.717) is 11.4 Å². The van der Waals surface area contributed by atoms with Crippen LogP contribution in [0.15, 0.2) is 72.8 Å². The Hall–Kier alpha value is -4.34. The van der Waals surface area contributed by atoms with Crippen molar-refractivity contribution in [3.63, 3.8) is 0 Å². The molecule has 28 heavy (non-hydrogen) atoms. The van der Waals surface area contributed by atoms with Gasteiger partial charge in [0, 0.05) is 0 Å². The molecule has 0 aliphatic heterocycles. The summed E-state index contributed by atoms with van der Waals surface area (Å²) in [7, 11) is 0. The number of para-hydroxylation sites is 2. The molecule has 1 N–H and O–H groups in total. The molecular weight excluding hydrogens is 366 g/mol. The van der Waals surface area contributed by atoms with Crippen molar-refractivity contribution in [2.45, 2.75) is 0 Å². The van der Waals surface area contributed by atoms with Crippen LogP contribution in [0.3, 0.4) is 0 Å². The summed E-state index contributed by atoms with van der Waals surface area (Å²) in [5.74, 6) is 0. The van der Waals surface area contributed by atoms with Crippen LogP contribution in [0.2, 0.25) is 0 Å². The molecule has 3 aromatic rings. The summed E-state index contributed by atoms with van der Waals surface area (Å²) >= 11 is 0. The van der Waals surface area contributed by atoms with Crippen molar-refractivity contribution in [3.8, 4) is 0 Å². The number of hydrazine groups is 2. The van der Waals surface area contributed by atoms with Crippen LogP contribution < -0.4 is 10.5 Å². The minimum atomic E-state index is -0.845. The average molecular weight is 379 g/mol. The molecule has 0 atom stereocenters. The van der Waals surface area contributed by atoms with Crippen LogP contribution in [0.25, 0.3) is 0 Å². The van der Waals surface area contributed by atoms with Gasteiger partial charge in [-0.2, -0.15) is 0 Å². The van der Waals surface area contributed by atoms with E-state index in [1.807, 2.05) is 0 Å². The molecule has 0 bridgehead atoms. The number of nitrogens with zero attached hydrogens (tertiary/aromatic N) is 4. The van der Waals surface area contributed by atoms with E-state index in [1.54, 1.807) is 60.7 Å². The first-order valence-electron chi connectivity index (χ1n) is 7.96. The van der Waals surface area contributed by atoms with Gasteiger partial charge in [-0.25, -0.2) is 5.43 Å². The molecule has 0 aliphatic rings. The summed E-state index contributed by atoms with van der Waals surface area (Å²) in [5.41, 5.74) is 2.18. The van der Waals surface area contributed by atoms with E-state index in [9.17, 15) is 25.1 Å². The highest BCUT2D eigenvalue weighted by atomic mass is 16.6. The van der Waals surface area contributed by atoms with E-state index in [0.717, 1.165) is 17.3 Å². The molecule has 3 aromatic carbocycles. The quantitative estimate of drug-likeness (QED) is 0.371. The predicted octanol–water partition coefficient (Wildman–Crippen LogP) is 4.16. The predicted molar refractivity (Wildman–Crippen MR) is 101 cm³/mol. The molecule has 0 unspecified atom stereocenters. The third kappa shape index (κ3) is 4.07. The van der Waals surface area contributed by atoms with Crippen molar-refractivity contribution in [2.75, 3.05) is 10.5 Å². The molecule has 1 radical (unpaired) electrons. The van der Waals surface area contributed by atoms with Crippen molar-refractivity contribution in [1.29, 1.82) is 0 Å². The zero-order chi connectivity index (χ0) is 20.1. The van der Waals surface area contributed by atoms with Crippen LogP contribution in [0.1, 0.15) is 0 Å². The maximum Gasteiger partial charge on any atom is 0.316 e. The Morgan fingerprint density at radius 1 is 0.786 bits per heavy atom. The van der Waals surface area contributed by atoms with Gasteiger partial charge in [-0.3, -0.25) is 20.2 Å². The topological polar surface area (TPSA) is 122 Å². The SMILES string of the molecule is O=[N+]([O-])c1[c]c([N+](=O)N(Nc2ccccc2)c2ccccc2)cc([N+](=O)[O-])c1. The zero-order valence-corrected chi connectivity index (χ0v) is 14.3. The molecule has 0 fully saturated rings. The van der Waals surface area contributed by atoms with Gasteiger partial charge in [0.1, 0.15) is 5.69 Å². The Balaban J connectivity index is 2.06. The Labute approximate surface area is 158 Å². The molecule has 0 aliphatic carbocycles. The first-order valence-corrected chi connectivity index (χ1v) is 7.96. The molecule has 0 saturated heterocycles. The van der Waals surface area contributed by atoms with Crippen molar-refractivity contribution in [3.05, 3.63) is 104 Å². The number of benzene rings is 3. The van der Waals surface area contributed by atoms with E-state index < -0.39 is 26.9 Å². The van der Waals surface area contributed by atoms with E-state index in [-0.39, 0.29) is 4.87 Å². The third-order valence-corrected chi connectivity index (χ3v) is 3.63. The van der Waals surface area contributed by atoms with Gasteiger partial charge >= 0.3 is 5.69 Å². The molecule has 0 amide bonds. The highest BCUT2D eigenvalue weighted by Gasteiger charge is 2.32. The number of rotatable bonds is 7. The first-order chi connectivity index (χ1) is 13.5. The van der Waals surface area contributed by atoms with Gasteiger partial charge in [0.25, 0.3) is 11.4 Å². The fraction of sp³-hybridized carbons (Fsp3) is 0. The van der Waals surface area contributed by atoms with E-state index in [4.69, 9.17) is 0 Å². The summed E-state index contributed by atoms with van der Waals surface area (Å²) in [5, 5.41) is 23.2. The summed E-state index contributed by atoms with van der Waals surface area (Å²) in [6, 6.07) is 21.1. The standard InChI is InChI=1S/C18H13N5O5/c24-21(16-11-17(22(25)26)13-18(12-16)23(27)28)20(15-9-5-2-6-10-15)19-14-7-3-1-4-8-14/h1-11,13,19H/q+1. The van der Waals surface area contributed by atoms with E-state index >= 15 is 0 Å². The van der Waals surface area contributed by atoms with Gasteiger partial charge in [0.15, 0.2) is 10.9 Å². The number of nitroso groups, excluding NO2 is 1. The number of nitrogens with one attached hydrogen (secondary N) is 1. The van der Waals surface area contributed by atoms with Crippen molar-refractivity contribution in [2.24, 2.45) is 0 Å². The molecule has 139 valence electrons. The van der Waals surface area contributed by atoms with Crippen LogP contribution in [0.4, 0.5) is 28.4 Å². The lowest BCUT2D eigenvalue weighted by atomic mass is 10.2. The second kappa shape index (κ2) is 7.91. The zero-order valence-electron chi connectivity index (χ0n) is 14.3. The molecule has 0 aromatic heterocycles. The normalized spacial score (nSPS) is 10.1. The van der Waals surface area contributed by atoms with E-state index in [2.05, 4.69) is 11.5 Å². The molecule has 3 rings (SSSR count). The fourth-order valence-electron chi connectivity index (χ4n) is 2.36. The Bertz CT molecular complexity index is 995. The molecule has 10 nitrogen and oxygen atoms in total. The summed E-state index contributed by atoms with van der Waals surface area (Å²) in [4.78, 5) is 33.8. The van der Waals surface area contributed by atoms with Gasteiger partial charge in [-0.15, -0.1) is 0 Å². The Kier molecular flexibility index (Phi) is 5.21. The van der Waals surface area contributed by atoms with Crippen LogP contribution in [-0.2, 0) is 0 Å². The highest BCUT2D eigenvalue weighted by molar-refractivity contribution is 5.55. The lowest BCUT2D eigenvalue weighted by Crippen LogP contribution is -2.36. The van der Waals surface area contributed by atoms with Crippen molar-refractivity contribution < 1.29 is 14.7 Å². The lowest BCUT2D eigenvalue weighted by Gasteiger charge is -2.16. The van der Waals surface area contributed by atoms with Gasteiger partial charge in [0.05, 0.1) is 32.6 Å². The molecule has 0 heterocycles. The highest BCUT2D eigenvalue weighted by Crippen LogP contribution is 2.29. The largest absolute Gasteiger partial charge is 0.316 e. The Morgan fingerprint density at radius 2 is 1.36 bits per heavy atom. The fourth-order valence-corrected chi connectivity index (χ4v) is 2.36. The van der Waals surface area contributed by atoms with Gasteiger partial charge in [-0.1, -0.05) is 36.4 Å². The lowest BCUT2D eigenvalue weighted by molar-refractivity contribution is -0.475. The molecule has 0 spiro atoms. The number of nitro benzene ring substituents is 2. The van der Waals surface area contributed by atoms with Crippen LogP contribution >= 0.6 is 0 Å². The van der Waals surface area contributed by atoms with Gasteiger partial charge in [-0.05, 0) is 29.4 Å². The smallest absolute Gasteiger partial charge is 0.258 e. The second-order valence-electron chi connectivity index (χ2n) is 5.52. The second-order valence-corrected chi connectivity index (χ2v) is 5.52. The summed E-state index contributed by atoms with van der Waals surface area (Å²) in [6.07, 6.45) is 0. The first kappa shape index (κ1) is 18.5. The molecule has 10 heteroatoms. The number of hydrogen-bond donors (Lipinski definition) is 1. The van der Waals surface area contributed by atoms with Crippen LogP contribution in [0.5, 0.6) is 0 Å². The average Bonchev–Trinajstić information content (AvgIpc) is 2.72. The Morgan fingerprint density at radius 3 is 1.93 bits per heavy atom. The third-order valence-electron chi connectivity index (χ3n) is 3.63. The van der Waals surface area contributed by atoms with Crippen LogP contribution in [-0.4, -0.2) is 14.7 Å². The summed E-state index contributed by atoms with van der Waals surface area (Å²) in [6.45, 7) is 0. The number of non-ortho nitro benzene ring substituents is 2. The monoisotopic (exact) mass is 379 g/mol. The summed E-state index contributed by atoms with van der Waals surface area (Å²) < 4.78 is 0. The maximum absolute atomic E-state index is 13.0. The number of nitro groups is 2. The van der Waals surface area contributed by atoms with E-state index in [1.165, 1.54) is 0 Å².